The van der Waals surface area contributed by atoms with E-state index >= 15 is 0 Å². The molecule has 3 nitrogen and oxygen atoms in total. The van der Waals surface area contributed by atoms with Crippen LogP contribution in [0.1, 0.15) is 23.1 Å². The Labute approximate surface area is 126 Å². The molecule has 2 rings (SSSR count). The highest BCUT2D eigenvalue weighted by Gasteiger charge is 2.05. The van der Waals surface area contributed by atoms with Crippen LogP contribution in [-0.4, -0.2) is 12.5 Å². The molecule has 2 aromatic rings. The quantitative estimate of drug-likeness (QED) is 0.900. The molecule has 0 fully saturated rings. The lowest BCUT2D eigenvalue weighted by molar-refractivity contribution is -0.116. The third-order valence-corrected chi connectivity index (χ3v) is 3.27. The number of ether oxygens (including phenoxy) is 1. The molecule has 2 aromatic carbocycles. The molecule has 0 saturated heterocycles. The molecule has 0 atom stereocenters. The zero-order chi connectivity index (χ0) is 15.2. The van der Waals surface area contributed by atoms with E-state index in [1.807, 2.05) is 57.2 Å². The molecule has 21 heavy (non-hydrogen) atoms. The Kier molecular flexibility index (Phi) is 4.99. The number of rotatable bonds is 5. The molecule has 3 heteroatoms. The summed E-state index contributed by atoms with van der Waals surface area (Å²) in [6, 6.07) is 13.8. The van der Waals surface area contributed by atoms with Crippen LogP contribution >= 0.6 is 0 Å². The molecule has 0 aromatic heterocycles. The van der Waals surface area contributed by atoms with Crippen molar-refractivity contribution in [1.29, 1.82) is 0 Å². The number of aryl methyl sites for hydroxylation is 3. The Morgan fingerprint density at radius 3 is 2.33 bits per heavy atom. The van der Waals surface area contributed by atoms with Crippen molar-refractivity contribution in [2.75, 3.05) is 11.9 Å². The maximum atomic E-state index is 11.9. The summed E-state index contributed by atoms with van der Waals surface area (Å²) >= 11 is 0. The molecule has 1 amide bonds. The molecule has 0 bridgehead atoms. The minimum absolute atomic E-state index is 0.0333. The van der Waals surface area contributed by atoms with Crippen LogP contribution in [0.2, 0.25) is 0 Å². The standard InChI is InChI=1S/C18H21NO2/c1-13-4-7-16(8-5-13)21-11-10-18(20)19-17-9-6-14(2)12-15(17)3/h4-9,12H,10-11H2,1-3H3,(H,19,20). The predicted octanol–water partition coefficient (Wildman–Crippen LogP) is 4.02. The normalized spacial score (nSPS) is 10.2. The predicted molar refractivity (Wildman–Crippen MR) is 85.8 cm³/mol. The summed E-state index contributed by atoms with van der Waals surface area (Å²) in [6.45, 7) is 6.43. The number of carbonyl (C=O) groups is 1. The number of amides is 1. The molecular weight excluding hydrogens is 262 g/mol. The molecule has 0 aliphatic rings. The molecular formula is C18H21NO2. The van der Waals surface area contributed by atoms with E-state index in [2.05, 4.69) is 11.4 Å². The van der Waals surface area contributed by atoms with Crippen molar-refractivity contribution in [2.45, 2.75) is 27.2 Å². The number of carbonyl (C=O) groups excluding carboxylic acids is 1. The van der Waals surface area contributed by atoms with Crippen LogP contribution in [0.4, 0.5) is 5.69 Å². The average molecular weight is 283 g/mol. The van der Waals surface area contributed by atoms with E-state index in [4.69, 9.17) is 4.74 Å². The van der Waals surface area contributed by atoms with Gasteiger partial charge in [0.2, 0.25) is 5.91 Å². The number of hydrogen-bond donors (Lipinski definition) is 1. The second kappa shape index (κ2) is 6.93. The van der Waals surface area contributed by atoms with Crippen molar-refractivity contribution in [1.82, 2.24) is 0 Å². The van der Waals surface area contributed by atoms with Gasteiger partial charge in [-0.3, -0.25) is 4.79 Å². The van der Waals surface area contributed by atoms with Crippen LogP contribution < -0.4 is 10.1 Å². The highest BCUT2D eigenvalue weighted by Crippen LogP contribution is 2.16. The Morgan fingerprint density at radius 1 is 1.00 bits per heavy atom. The topological polar surface area (TPSA) is 38.3 Å². The van der Waals surface area contributed by atoms with Crippen LogP contribution in [0.15, 0.2) is 42.5 Å². The first kappa shape index (κ1) is 15.1. The lowest BCUT2D eigenvalue weighted by Gasteiger charge is -2.10. The summed E-state index contributed by atoms with van der Waals surface area (Å²) in [5.74, 6) is 0.758. The van der Waals surface area contributed by atoms with E-state index in [1.165, 1.54) is 11.1 Å². The summed E-state index contributed by atoms with van der Waals surface area (Å²) in [5.41, 5.74) is 4.31. The summed E-state index contributed by atoms with van der Waals surface area (Å²) < 4.78 is 5.56. The second-order valence-corrected chi connectivity index (χ2v) is 5.28. The monoisotopic (exact) mass is 283 g/mol. The Hall–Kier alpha value is -2.29. The van der Waals surface area contributed by atoms with Crippen molar-refractivity contribution in [2.24, 2.45) is 0 Å². The first-order valence-electron chi connectivity index (χ1n) is 7.11. The summed E-state index contributed by atoms with van der Waals surface area (Å²) in [7, 11) is 0. The number of nitrogens with one attached hydrogen (secondary N) is 1. The lowest BCUT2D eigenvalue weighted by Crippen LogP contribution is -2.15. The fourth-order valence-corrected chi connectivity index (χ4v) is 2.06. The molecule has 0 radical (unpaired) electrons. The van der Waals surface area contributed by atoms with Gasteiger partial charge in [-0.2, -0.15) is 0 Å². The second-order valence-electron chi connectivity index (χ2n) is 5.28. The number of anilines is 1. The molecule has 110 valence electrons. The van der Waals surface area contributed by atoms with Crippen molar-refractivity contribution in [3.8, 4) is 5.75 Å². The van der Waals surface area contributed by atoms with Gasteiger partial charge in [0, 0.05) is 5.69 Å². The summed E-state index contributed by atoms with van der Waals surface area (Å²) in [6.07, 6.45) is 0.335. The van der Waals surface area contributed by atoms with E-state index in [9.17, 15) is 4.79 Å². The van der Waals surface area contributed by atoms with Crippen LogP contribution in [0.5, 0.6) is 5.75 Å². The van der Waals surface area contributed by atoms with Crippen LogP contribution in [0.3, 0.4) is 0 Å². The van der Waals surface area contributed by atoms with Gasteiger partial charge in [-0.1, -0.05) is 35.4 Å². The van der Waals surface area contributed by atoms with Gasteiger partial charge in [-0.05, 0) is 44.5 Å². The molecule has 0 spiro atoms. The van der Waals surface area contributed by atoms with Gasteiger partial charge < -0.3 is 10.1 Å². The van der Waals surface area contributed by atoms with Crippen LogP contribution in [-0.2, 0) is 4.79 Å². The van der Waals surface area contributed by atoms with E-state index < -0.39 is 0 Å². The fourth-order valence-electron chi connectivity index (χ4n) is 2.06. The van der Waals surface area contributed by atoms with Crippen molar-refractivity contribution < 1.29 is 9.53 Å². The minimum Gasteiger partial charge on any atom is -0.493 e. The molecule has 0 saturated carbocycles. The summed E-state index contributed by atoms with van der Waals surface area (Å²) in [5, 5.41) is 2.91. The van der Waals surface area contributed by atoms with Gasteiger partial charge in [0.05, 0.1) is 13.0 Å². The van der Waals surface area contributed by atoms with Gasteiger partial charge in [0.15, 0.2) is 0 Å². The van der Waals surface area contributed by atoms with E-state index in [0.717, 1.165) is 17.0 Å². The zero-order valence-electron chi connectivity index (χ0n) is 12.8. The molecule has 1 N–H and O–H groups in total. The summed E-state index contributed by atoms with van der Waals surface area (Å²) in [4.78, 5) is 11.9. The fraction of sp³-hybridized carbons (Fsp3) is 0.278. The molecule has 0 heterocycles. The van der Waals surface area contributed by atoms with Crippen LogP contribution in [0, 0.1) is 20.8 Å². The van der Waals surface area contributed by atoms with E-state index in [1.54, 1.807) is 0 Å². The molecule has 0 unspecified atom stereocenters. The Balaban J connectivity index is 1.81. The smallest absolute Gasteiger partial charge is 0.227 e. The third-order valence-electron chi connectivity index (χ3n) is 3.27. The number of benzene rings is 2. The minimum atomic E-state index is -0.0333. The van der Waals surface area contributed by atoms with Gasteiger partial charge in [0.1, 0.15) is 5.75 Å². The zero-order valence-corrected chi connectivity index (χ0v) is 12.8. The first-order valence-corrected chi connectivity index (χ1v) is 7.11. The molecule has 0 aliphatic heterocycles. The van der Waals surface area contributed by atoms with Crippen molar-refractivity contribution in [3.05, 3.63) is 59.2 Å². The van der Waals surface area contributed by atoms with E-state index in [0.29, 0.717) is 13.0 Å². The largest absolute Gasteiger partial charge is 0.493 e. The van der Waals surface area contributed by atoms with Gasteiger partial charge >= 0.3 is 0 Å². The Bertz CT molecular complexity index is 618. The highest BCUT2D eigenvalue weighted by atomic mass is 16.5. The lowest BCUT2D eigenvalue weighted by atomic mass is 10.1. The van der Waals surface area contributed by atoms with Crippen molar-refractivity contribution >= 4 is 11.6 Å². The highest BCUT2D eigenvalue weighted by molar-refractivity contribution is 5.91. The maximum absolute atomic E-state index is 11.9. The van der Waals surface area contributed by atoms with Gasteiger partial charge in [0.25, 0.3) is 0 Å². The van der Waals surface area contributed by atoms with Crippen molar-refractivity contribution in [3.63, 3.8) is 0 Å². The SMILES string of the molecule is Cc1ccc(OCCC(=O)Nc2ccc(C)cc2C)cc1. The number of hydrogen-bond acceptors (Lipinski definition) is 2. The average Bonchev–Trinajstić information content (AvgIpc) is 2.44. The third kappa shape index (κ3) is 4.63. The molecule has 0 aliphatic carbocycles. The Morgan fingerprint density at radius 2 is 1.67 bits per heavy atom. The first-order chi connectivity index (χ1) is 10.0. The van der Waals surface area contributed by atoms with Gasteiger partial charge in [-0.15, -0.1) is 0 Å². The van der Waals surface area contributed by atoms with Crippen LogP contribution in [0.25, 0.3) is 0 Å². The maximum Gasteiger partial charge on any atom is 0.227 e. The van der Waals surface area contributed by atoms with Gasteiger partial charge in [-0.25, -0.2) is 0 Å². The van der Waals surface area contributed by atoms with E-state index in [-0.39, 0.29) is 5.91 Å².